The molecule has 2 aliphatic rings. The van der Waals surface area contributed by atoms with E-state index in [1.54, 1.807) is 38.6 Å². The average molecular weight is 624 g/mol. The van der Waals surface area contributed by atoms with Crippen LogP contribution in [0.4, 0.5) is 21.7 Å². The largest absolute Gasteiger partial charge is 0.494 e. The minimum absolute atomic E-state index is 0.0536. The van der Waals surface area contributed by atoms with Crippen molar-refractivity contribution in [3.05, 3.63) is 59.9 Å². The summed E-state index contributed by atoms with van der Waals surface area (Å²) in [5, 5.41) is 14.4. The highest BCUT2D eigenvalue weighted by molar-refractivity contribution is 6.32. The van der Waals surface area contributed by atoms with Gasteiger partial charge in [-0.2, -0.15) is 0 Å². The number of nitrogens with zero attached hydrogens (tertiary/aromatic N) is 8. The quantitative estimate of drug-likeness (QED) is 0.270. The highest BCUT2D eigenvalue weighted by Gasteiger charge is 2.26. The van der Waals surface area contributed by atoms with Gasteiger partial charge in [-0.1, -0.05) is 11.6 Å². The molecule has 4 aromatic rings. The number of piperidine rings is 1. The second kappa shape index (κ2) is 13.7. The molecule has 0 amide bonds. The van der Waals surface area contributed by atoms with Crippen LogP contribution in [0.3, 0.4) is 0 Å². The van der Waals surface area contributed by atoms with E-state index in [2.05, 4.69) is 46.7 Å². The molecule has 6 rings (SSSR count). The van der Waals surface area contributed by atoms with Gasteiger partial charge in [-0.05, 0) is 54.5 Å². The van der Waals surface area contributed by atoms with Crippen LogP contribution in [0.5, 0.6) is 11.5 Å². The number of hydrogen-bond donors (Lipinski definition) is 1. The molecular weight excluding hydrogens is 589 g/mol. The van der Waals surface area contributed by atoms with Crippen LogP contribution in [0.2, 0.25) is 5.02 Å². The molecular formula is C30H35ClFN9O3. The number of methoxy groups -OCH3 is 1. The monoisotopic (exact) mass is 623 g/mol. The summed E-state index contributed by atoms with van der Waals surface area (Å²) < 4.78 is 34.1. The Hall–Kier alpha value is -4.07. The third kappa shape index (κ3) is 6.85. The number of tetrazole rings is 1. The Labute approximate surface area is 260 Å². The van der Waals surface area contributed by atoms with Crippen LogP contribution in [0.1, 0.15) is 19.8 Å². The number of anilines is 3. The molecule has 2 aliphatic heterocycles. The molecule has 0 spiro atoms. The molecule has 0 bridgehead atoms. The predicted molar refractivity (Wildman–Crippen MR) is 164 cm³/mol. The average Bonchev–Trinajstić information content (AvgIpc) is 3.57. The second-order valence-electron chi connectivity index (χ2n) is 10.9. The van der Waals surface area contributed by atoms with Crippen molar-refractivity contribution in [1.82, 2.24) is 35.1 Å². The Kier molecular flexibility index (Phi) is 9.34. The molecule has 232 valence electrons. The number of aromatic nitrogens is 6. The molecule has 1 atom stereocenters. The van der Waals surface area contributed by atoms with E-state index in [1.165, 1.54) is 11.0 Å². The van der Waals surface area contributed by atoms with Crippen LogP contribution < -0.4 is 19.7 Å². The Morgan fingerprint density at radius 2 is 1.86 bits per heavy atom. The van der Waals surface area contributed by atoms with Gasteiger partial charge < -0.3 is 24.4 Å². The van der Waals surface area contributed by atoms with Crippen LogP contribution in [0, 0.1) is 5.82 Å². The minimum Gasteiger partial charge on any atom is -0.494 e. The van der Waals surface area contributed by atoms with Gasteiger partial charge in [-0.25, -0.2) is 19.0 Å². The summed E-state index contributed by atoms with van der Waals surface area (Å²) in [6.07, 6.45) is 6.38. The first-order chi connectivity index (χ1) is 21.5. The zero-order valence-corrected chi connectivity index (χ0v) is 25.5. The summed E-state index contributed by atoms with van der Waals surface area (Å²) in [6, 6.07) is 9.87. The van der Waals surface area contributed by atoms with Gasteiger partial charge in [-0.15, -0.1) is 5.10 Å². The Morgan fingerprint density at radius 3 is 2.57 bits per heavy atom. The molecule has 2 saturated heterocycles. The first kappa shape index (κ1) is 30.0. The lowest BCUT2D eigenvalue weighted by Gasteiger charge is -2.40. The fourth-order valence-electron chi connectivity index (χ4n) is 5.69. The fraction of sp³-hybridized carbons (Fsp3) is 0.433. The van der Waals surface area contributed by atoms with Gasteiger partial charge in [0.05, 0.1) is 37.6 Å². The highest BCUT2D eigenvalue weighted by Crippen LogP contribution is 2.36. The smallest absolute Gasteiger partial charge is 0.227 e. The molecule has 1 N–H and O–H groups in total. The van der Waals surface area contributed by atoms with E-state index in [-0.39, 0.29) is 16.3 Å². The molecule has 2 aromatic heterocycles. The molecule has 0 aliphatic carbocycles. The van der Waals surface area contributed by atoms with E-state index in [4.69, 9.17) is 25.8 Å². The third-order valence-electron chi connectivity index (χ3n) is 7.99. The highest BCUT2D eigenvalue weighted by atomic mass is 35.5. The zero-order valence-electron chi connectivity index (χ0n) is 24.7. The number of halogens is 2. The van der Waals surface area contributed by atoms with Gasteiger partial charge in [0.15, 0.2) is 11.6 Å². The van der Waals surface area contributed by atoms with Crippen LogP contribution in [-0.2, 0) is 11.3 Å². The van der Waals surface area contributed by atoms with Crippen molar-refractivity contribution in [2.45, 2.75) is 38.5 Å². The third-order valence-corrected chi connectivity index (χ3v) is 8.29. The van der Waals surface area contributed by atoms with Gasteiger partial charge in [0.2, 0.25) is 5.95 Å². The van der Waals surface area contributed by atoms with E-state index in [9.17, 15) is 0 Å². The van der Waals surface area contributed by atoms with Gasteiger partial charge >= 0.3 is 0 Å². The number of benzene rings is 2. The minimum atomic E-state index is -0.600. The van der Waals surface area contributed by atoms with Crippen molar-refractivity contribution >= 4 is 28.9 Å². The van der Waals surface area contributed by atoms with E-state index >= 15 is 4.39 Å². The lowest BCUT2D eigenvalue weighted by atomic mass is 10.0. The van der Waals surface area contributed by atoms with Crippen LogP contribution >= 0.6 is 11.6 Å². The molecule has 12 nitrogen and oxygen atoms in total. The molecule has 2 aromatic carbocycles. The van der Waals surface area contributed by atoms with Crippen LogP contribution in [-0.4, -0.2) is 93.7 Å². The maximum atomic E-state index is 15.6. The number of rotatable bonds is 10. The van der Waals surface area contributed by atoms with Gasteiger partial charge in [-0.3, -0.25) is 4.90 Å². The summed E-state index contributed by atoms with van der Waals surface area (Å²) >= 11 is 6.28. The molecule has 0 saturated carbocycles. The molecule has 0 radical (unpaired) electrons. The van der Waals surface area contributed by atoms with Crippen molar-refractivity contribution in [1.29, 1.82) is 0 Å². The normalized spacial score (nSPS) is 17.0. The van der Waals surface area contributed by atoms with Crippen LogP contribution in [0.25, 0.3) is 11.1 Å². The summed E-state index contributed by atoms with van der Waals surface area (Å²) in [6.45, 7) is 7.80. The Bertz CT molecular complexity index is 1530. The number of nitrogens with one attached hydrogen (secondary N) is 1. The predicted octanol–water partition coefficient (Wildman–Crippen LogP) is 4.44. The molecule has 2 fully saturated rings. The van der Waals surface area contributed by atoms with Gasteiger partial charge in [0.25, 0.3) is 0 Å². The van der Waals surface area contributed by atoms with Crippen LogP contribution in [0.15, 0.2) is 49.1 Å². The second-order valence-corrected chi connectivity index (χ2v) is 11.3. The van der Waals surface area contributed by atoms with E-state index in [1.807, 2.05) is 12.1 Å². The van der Waals surface area contributed by atoms with E-state index in [0.29, 0.717) is 29.8 Å². The van der Waals surface area contributed by atoms with Crippen molar-refractivity contribution < 1.29 is 18.6 Å². The number of morpholine rings is 1. The van der Waals surface area contributed by atoms with Gasteiger partial charge in [0.1, 0.15) is 18.2 Å². The Morgan fingerprint density at radius 1 is 1.09 bits per heavy atom. The molecule has 14 heteroatoms. The first-order valence-electron chi connectivity index (χ1n) is 14.7. The summed E-state index contributed by atoms with van der Waals surface area (Å²) in [4.78, 5) is 13.8. The maximum Gasteiger partial charge on any atom is 0.227 e. The standard InChI is InChI=1S/C30H35ClFN9O3/c1-20(18-41-19-35-37-38-41)44-29-25(31)5-4-24(28(29)32)21-16-33-30(34-17-21)36-26-6-3-23(15-27(26)42-2)39-9-7-22(8-10-39)40-11-13-43-14-12-40/h3-6,15-17,19-20,22H,7-14,18H2,1-2H3,(H,33,34,36)/t20-/m0/s1. The van der Waals surface area contributed by atoms with Crippen molar-refractivity contribution in [2.75, 3.05) is 56.7 Å². The van der Waals surface area contributed by atoms with Crippen molar-refractivity contribution in [2.24, 2.45) is 0 Å². The fourth-order valence-corrected chi connectivity index (χ4v) is 5.88. The summed E-state index contributed by atoms with van der Waals surface area (Å²) in [7, 11) is 1.64. The lowest BCUT2D eigenvalue weighted by molar-refractivity contribution is 0.0115. The lowest BCUT2D eigenvalue weighted by Crippen LogP contribution is -2.49. The maximum absolute atomic E-state index is 15.6. The Balaban J connectivity index is 1.10. The number of hydrogen-bond acceptors (Lipinski definition) is 11. The van der Waals surface area contributed by atoms with Gasteiger partial charge in [0, 0.05) is 67.5 Å². The number of ether oxygens (including phenoxy) is 3. The SMILES string of the molecule is COc1cc(N2CCC(N3CCOCC3)CC2)ccc1Nc1ncc(-c2ccc(Cl)c(O[C@@H](C)Cn3cnnn3)c2F)cn1. The summed E-state index contributed by atoms with van der Waals surface area (Å²) in [5.41, 5.74) is 2.60. The zero-order chi connectivity index (χ0) is 30.5. The van der Waals surface area contributed by atoms with Crippen molar-refractivity contribution in [3.8, 4) is 22.6 Å². The van der Waals surface area contributed by atoms with Crippen molar-refractivity contribution in [3.63, 3.8) is 0 Å². The molecule has 4 heterocycles. The molecule has 0 unspecified atom stereocenters. The van der Waals surface area contributed by atoms with E-state index < -0.39 is 11.9 Å². The topological polar surface area (TPSA) is 116 Å². The first-order valence-corrected chi connectivity index (χ1v) is 15.1. The van der Waals surface area contributed by atoms with E-state index in [0.717, 1.165) is 63.6 Å². The summed E-state index contributed by atoms with van der Waals surface area (Å²) in [5.74, 6) is 0.387. The molecule has 44 heavy (non-hydrogen) atoms.